The molecule has 1 aliphatic rings. The van der Waals surface area contributed by atoms with Crippen LogP contribution in [0.4, 0.5) is 0 Å². The van der Waals surface area contributed by atoms with Gasteiger partial charge in [0.05, 0.1) is 0 Å². The van der Waals surface area contributed by atoms with Gasteiger partial charge in [-0.1, -0.05) is 35.9 Å². The summed E-state index contributed by atoms with van der Waals surface area (Å²) in [5.74, 6) is 0. The standard InChI is InChI=1S/C7H8.C4H8O.C3H8O/c1-7-5-3-2-4-6-7;1-2-4-5-3-1;1-3(2)4/h2-6H,1H3;1-4H2;3-4H,1-2H3. The molecule has 0 aliphatic carbocycles. The second-order valence-corrected chi connectivity index (χ2v) is 4.07. The Kier molecular flexibility index (Phi) is 10.1. The quantitative estimate of drug-likeness (QED) is 0.733. The molecule has 1 fully saturated rings. The van der Waals surface area contributed by atoms with Crippen LogP contribution in [0.5, 0.6) is 0 Å². The Morgan fingerprint density at radius 2 is 1.50 bits per heavy atom. The maximum atomic E-state index is 8.06. The molecule has 92 valence electrons. The van der Waals surface area contributed by atoms with Gasteiger partial charge in [0.25, 0.3) is 0 Å². The van der Waals surface area contributed by atoms with Crippen LogP contribution in [-0.2, 0) is 4.74 Å². The molecule has 0 saturated carbocycles. The van der Waals surface area contributed by atoms with E-state index in [9.17, 15) is 0 Å². The molecule has 2 nitrogen and oxygen atoms in total. The van der Waals surface area contributed by atoms with Gasteiger partial charge in [-0.15, -0.1) is 0 Å². The fourth-order valence-corrected chi connectivity index (χ4v) is 1.04. The number of ether oxygens (including phenoxy) is 1. The maximum absolute atomic E-state index is 8.06. The molecule has 1 aliphatic heterocycles. The molecular weight excluding hydrogens is 200 g/mol. The summed E-state index contributed by atoms with van der Waals surface area (Å²) in [5, 5.41) is 8.06. The van der Waals surface area contributed by atoms with E-state index in [1.807, 2.05) is 18.2 Å². The van der Waals surface area contributed by atoms with E-state index >= 15 is 0 Å². The monoisotopic (exact) mass is 224 g/mol. The van der Waals surface area contributed by atoms with Gasteiger partial charge in [-0.05, 0) is 33.6 Å². The highest BCUT2D eigenvalue weighted by Crippen LogP contribution is 1.98. The second-order valence-electron chi connectivity index (χ2n) is 4.07. The van der Waals surface area contributed by atoms with Crippen LogP contribution in [0.2, 0.25) is 0 Å². The lowest BCUT2D eigenvalue weighted by Crippen LogP contribution is -1.85. The van der Waals surface area contributed by atoms with Crippen LogP contribution in [0, 0.1) is 6.92 Å². The van der Waals surface area contributed by atoms with E-state index in [0.29, 0.717) is 0 Å². The molecule has 0 spiro atoms. The number of aliphatic hydroxyl groups excluding tert-OH is 1. The van der Waals surface area contributed by atoms with E-state index in [1.165, 1.54) is 18.4 Å². The lowest BCUT2D eigenvalue weighted by Gasteiger charge is -1.82. The molecule has 0 atom stereocenters. The molecule has 1 saturated heterocycles. The van der Waals surface area contributed by atoms with Crippen LogP contribution in [0.3, 0.4) is 0 Å². The molecule has 1 heterocycles. The Balaban J connectivity index is 0.000000222. The predicted molar refractivity (Wildman–Crippen MR) is 68.6 cm³/mol. The van der Waals surface area contributed by atoms with Crippen LogP contribution in [0.1, 0.15) is 32.3 Å². The van der Waals surface area contributed by atoms with Gasteiger partial charge < -0.3 is 9.84 Å². The smallest absolute Gasteiger partial charge is 0.0483 e. The first-order valence-corrected chi connectivity index (χ1v) is 5.90. The van der Waals surface area contributed by atoms with Crippen molar-refractivity contribution in [3.05, 3.63) is 35.9 Å². The van der Waals surface area contributed by atoms with Crippen molar-refractivity contribution in [2.75, 3.05) is 13.2 Å². The van der Waals surface area contributed by atoms with Gasteiger partial charge in [-0.25, -0.2) is 0 Å². The van der Waals surface area contributed by atoms with Crippen LogP contribution < -0.4 is 0 Å². The van der Waals surface area contributed by atoms with E-state index < -0.39 is 0 Å². The van der Waals surface area contributed by atoms with Crippen LogP contribution in [0.25, 0.3) is 0 Å². The van der Waals surface area contributed by atoms with E-state index in [1.54, 1.807) is 13.8 Å². The topological polar surface area (TPSA) is 29.5 Å². The summed E-state index contributed by atoms with van der Waals surface area (Å²) in [4.78, 5) is 0. The van der Waals surface area contributed by atoms with Crippen molar-refractivity contribution in [2.24, 2.45) is 0 Å². The Labute approximate surface area is 99.3 Å². The zero-order chi connectivity index (χ0) is 12.2. The molecule has 0 bridgehead atoms. The van der Waals surface area contributed by atoms with Gasteiger partial charge in [0.2, 0.25) is 0 Å². The second kappa shape index (κ2) is 10.7. The van der Waals surface area contributed by atoms with Crippen molar-refractivity contribution in [3.63, 3.8) is 0 Å². The van der Waals surface area contributed by atoms with E-state index in [-0.39, 0.29) is 6.10 Å². The van der Waals surface area contributed by atoms with Gasteiger partial charge in [-0.3, -0.25) is 0 Å². The number of aryl methyl sites for hydroxylation is 1. The third-order valence-corrected chi connectivity index (χ3v) is 1.77. The predicted octanol–water partition coefficient (Wildman–Crippen LogP) is 3.18. The first-order chi connectivity index (χ1) is 7.63. The van der Waals surface area contributed by atoms with Crippen LogP contribution in [0.15, 0.2) is 30.3 Å². The van der Waals surface area contributed by atoms with Crippen molar-refractivity contribution in [2.45, 2.75) is 39.7 Å². The van der Waals surface area contributed by atoms with E-state index in [0.717, 1.165) is 13.2 Å². The zero-order valence-corrected chi connectivity index (χ0v) is 10.6. The summed E-state index contributed by atoms with van der Waals surface area (Å²) < 4.78 is 4.94. The fraction of sp³-hybridized carbons (Fsp3) is 0.571. The van der Waals surface area contributed by atoms with Crippen LogP contribution >= 0.6 is 0 Å². The van der Waals surface area contributed by atoms with Gasteiger partial charge in [0.1, 0.15) is 0 Å². The molecule has 1 aromatic carbocycles. The number of hydrogen-bond donors (Lipinski definition) is 1. The normalized spacial score (nSPS) is 13.6. The molecule has 0 amide bonds. The molecular formula is C14H24O2. The average molecular weight is 224 g/mol. The molecule has 1 N–H and O–H groups in total. The van der Waals surface area contributed by atoms with Crippen molar-refractivity contribution in [3.8, 4) is 0 Å². The molecule has 1 aromatic rings. The average Bonchev–Trinajstić information content (AvgIpc) is 2.75. The summed E-state index contributed by atoms with van der Waals surface area (Å²) in [6.45, 7) is 7.53. The Bertz CT molecular complexity index is 217. The molecule has 2 heteroatoms. The lowest BCUT2D eigenvalue weighted by atomic mass is 10.2. The molecule has 0 radical (unpaired) electrons. The highest BCUT2D eigenvalue weighted by Gasteiger charge is 1.94. The number of rotatable bonds is 0. The van der Waals surface area contributed by atoms with Gasteiger partial charge in [0.15, 0.2) is 0 Å². The minimum Gasteiger partial charge on any atom is -0.394 e. The highest BCUT2D eigenvalue weighted by molar-refractivity contribution is 5.11. The first kappa shape index (κ1) is 15.1. The number of benzene rings is 1. The van der Waals surface area contributed by atoms with Gasteiger partial charge >= 0.3 is 0 Å². The zero-order valence-electron chi connectivity index (χ0n) is 10.6. The Hall–Kier alpha value is -0.860. The molecule has 16 heavy (non-hydrogen) atoms. The fourth-order valence-electron chi connectivity index (χ4n) is 1.04. The van der Waals surface area contributed by atoms with Gasteiger partial charge in [0, 0.05) is 19.3 Å². The molecule has 0 unspecified atom stereocenters. The summed E-state index contributed by atoms with van der Waals surface area (Å²) in [7, 11) is 0. The Morgan fingerprint density at radius 1 is 1.06 bits per heavy atom. The summed E-state index contributed by atoms with van der Waals surface area (Å²) in [6.07, 6.45) is 2.39. The van der Waals surface area contributed by atoms with E-state index in [2.05, 4.69) is 19.1 Å². The third-order valence-electron chi connectivity index (χ3n) is 1.77. The summed E-state index contributed by atoms with van der Waals surface area (Å²) in [5.41, 5.74) is 1.32. The third kappa shape index (κ3) is 13.1. The highest BCUT2D eigenvalue weighted by atomic mass is 16.5. The Morgan fingerprint density at radius 3 is 1.69 bits per heavy atom. The number of aliphatic hydroxyl groups is 1. The van der Waals surface area contributed by atoms with E-state index in [4.69, 9.17) is 9.84 Å². The largest absolute Gasteiger partial charge is 0.394 e. The minimum absolute atomic E-state index is 0.167. The summed E-state index contributed by atoms with van der Waals surface area (Å²) in [6, 6.07) is 10.3. The molecule has 0 aromatic heterocycles. The van der Waals surface area contributed by atoms with Crippen molar-refractivity contribution >= 4 is 0 Å². The van der Waals surface area contributed by atoms with Gasteiger partial charge in [-0.2, -0.15) is 0 Å². The lowest BCUT2D eigenvalue weighted by molar-refractivity contribution is 0.198. The number of hydrogen-bond acceptors (Lipinski definition) is 2. The van der Waals surface area contributed by atoms with Crippen molar-refractivity contribution < 1.29 is 9.84 Å². The SMILES string of the molecule is C1CCOC1.CC(C)O.Cc1ccccc1. The van der Waals surface area contributed by atoms with Crippen molar-refractivity contribution in [1.29, 1.82) is 0 Å². The maximum Gasteiger partial charge on any atom is 0.0483 e. The first-order valence-electron chi connectivity index (χ1n) is 5.90. The molecule has 2 rings (SSSR count). The minimum atomic E-state index is -0.167. The van der Waals surface area contributed by atoms with Crippen molar-refractivity contribution in [1.82, 2.24) is 0 Å². The summed E-state index contributed by atoms with van der Waals surface area (Å²) >= 11 is 0. The van der Waals surface area contributed by atoms with Crippen LogP contribution in [-0.4, -0.2) is 24.4 Å².